The minimum atomic E-state index is -0.499. The van der Waals surface area contributed by atoms with Gasteiger partial charge in [0.2, 0.25) is 17.7 Å². The van der Waals surface area contributed by atoms with Gasteiger partial charge < -0.3 is 5.32 Å². The number of likely N-dealkylation sites (tertiary alicyclic amines) is 1. The molecule has 1 aliphatic heterocycles. The number of halogens is 1. The van der Waals surface area contributed by atoms with Gasteiger partial charge in [-0.05, 0) is 5.92 Å². The van der Waals surface area contributed by atoms with Gasteiger partial charge in [-0.3, -0.25) is 19.3 Å². The predicted octanol–water partition coefficient (Wildman–Crippen LogP) is 0.651. The summed E-state index contributed by atoms with van der Waals surface area (Å²) >= 11 is 3.39. The number of imide groups is 1. The Morgan fingerprint density at radius 1 is 1.33 bits per heavy atom. The smallest absolute Gasteiger partial charge is 0.235 e. The lowest BCUT2D eigenvalue weighted by molar-refractivity contribution is -0.138. The fraction of sp³-hybridized carbons (Fsp3) is 0.583. The lowest BCUT2D eigenvalue weighted by Gasteiger charge is -2.33. The molecule has 2 rings (SSSR count). The van der Waals surface area contributed by atoms with E-state index >= 15 is 0 Å². The van der Waals surface area contributed by atoms with Crippen LogP contribution in [0.3, 0.4) is 0 Å². The number of carbonyl (C=O) groups excluding carboxylic acids is 3. The normalized spacial score (nSPS) is 35.3. The third-order valence-corrected chi connectivity index (χ3v) is 4.38. The van der Waals surface area contributed by atoms with Crippen molar-refractivity contribution in [3.8, 4) is 0 Å². The zero-order valence-electron chi connectivity index (χ0n) is 10.4. The van der Waals surface area contributed by atoms with Crippen LogP contribution in [0.15, 0.2) is 10.6 Å². The molecule has 0 aromatic rings. The fourth-order valence-electron chi connectivity index (χ4n) is 2.77. The molecule has 0 radical (unpaired) electrons. The molecule has 0 aromatic heterocycles. The van der Waals surface area contributed by atoms with E-state index in [9.17, 15) is 14.4 Å². The predicted molar refractivity (Wildman–Crippen MR) is 68.5 cm³/mol. The second-order valence-electron chi connectivity index (χ2n) is 4.88. The Kier molecular flexibility index (Phi) is 3.31. The van der Waals surface area contributed by atoms with Gasteiger partial charge in [0.05, 0.1) is 17.9 Å². The van der Waals surface area contributed by atoms with E-state index in [0.29, 0.717) is 0 Å². The third kappa shape index (κ3) is 1.88. The van der Waals surface area contributed by atoms with Crippen molar-refractivity contribution >= 4 is 33.7 Å². The maximum atomic E-state index is 12.1. The molecule has 1 aliphatic carbocycles. The Hall–Kier alpha value is -1.17. The van der Waals surface area contributed by atoms with Crippen molar-refractivity contribution in [2.45, 2.75) is 19.9 Å². The number of carbonyl (C=O) groups is 3. The second-order valence-corrected chi connectivity index (χ2v) is 5.79. The largest absolute Gasteiger partial charge is 0.348 e. The highest BCUT2D eigenvalue weighted by Crippen LogP contribution is 2.42. The summed E-state index contributed by atoms with van der Waals surface area (Å²) in [6.45, 7) is 3.31. The average molecular weight is 315 g/mol. The standard InChI is InChI=1S/C12H15BrN2O3/c1-5-4-7(13)10(14-6(2)16)9-8(5)11(17)15(3)12(9)18/h4-5,8-10H,1-3H3,(H,14,16)/t5-,8-,9-,10+/m0/s1. The highest BCUT2D eigenvalue weighted by molar-refractivity contribution is 9.11. The summed E-state index contributed by atoms with van der Waals surface area (Å²) < 4.78 is 0.767. The summed E-state index contributed by atoms with van der Waals surface area (Å²) in [4.78, 5) is 36.6. The molecule has 98 valence electrons. The van der Waals surface area contributed by atoms with E-state index in [1.165, 1.54) is 18.9 Å². The quantitative estimate of drug-likeness (QED) is 0.723. The van der Waals surface area contributed by atoms with Crippen molar-refractivity contribution in [1.82, 2.24) is 10.2 Å². The molecule has 0 saturated carbocycles. The number of amides is 3. The Bertz CT molecular complexity index is 460. The van der Waals surface area contributed by atoms with Crippen LogP contribution in [0.2, 0.25) is 0 Å². The molecular weight excluding hydrogens is 300 g/mol. The van der Waals surface area contributed by atoms with Crippen molar-refractivity contribution < 1.29 is 14.4 Å². The molecule has 1 N–H and O–H groups in total. The Morgan fingerprint density at radius 2 is 1.89 bits per heavy atom. The highest BCUT2D eigenvalue weighted by atomic mass is 79.9. The van der Waals surface area contributed by atoms with Crippen molar-refractivity contribution in [1.29, 1.82) is 0 Å². The summed E-state index contributed by atoms with van der Waals surface area (Å²) in [7, 11) is 1.49. The monoisotopic (exact) mass is 314 g/mol. The summed E-state index contributed by atoms with van der Waals surface area (Å²) in [6.07, 6.45) is 1.89. The molecule has 1 heterocycles. The number of fused-ring (bicyclic) bond motifs is 1. The van der Waals surface area contributed by atoms with E-state index < -0.39 is 12.0 Å². The first-order chi connectivity index (χ1) is 8.34. The SMILES string of the molecule is CC(=O)N[C@@H]1C(Br)=C[C@H](C)[C@@H]2C(=O)N(C)C(=O)[C@@H]21. The molecule has 1 saturated heterocycles. The molecule has 0 bridgehead atoms. The van der Waals surface area contributed by atoms with Crippen LogP contribution in [-0.2, 0) is 14.4 Å². The van der Waals surface area contributed by atoms with Crippen LogP contribution in [0.4, 0.5) is 0 Å². The van der Waals surface area contributed by atoms with E-state index in [0.717, 1.165) is 4.48 Å². The average Bonchev–Trinajstić information content (AvgIpc) is 2.49. The summed E-state index contributed by atoms with van der Waals surface area (Å²) in [5, 5.41) is 2.74. The minimum absolute atomic E-state index is 0.0178. The van der Waals surface area contributed by atoms with Crippen LogP contribution in [0.5, 0.6) is 0 Å². The lowest BCUT2D eigenvalue weighted by Crippen LogP contribution is -2.47. The molecule has 2 aliphatic rings. The van der Waals surface area contributed by atoms with E-state index in [-0.39, 0.29) is 29.6 Å². The van der Waals surface area contributed by atoms with E-state index in [4.69, 9.17) is 0 Å². The fourth-order valence-corrected chi connectivity index (χ4v) is 3.59. The van der Waals surface area contributed by atoms with Gasteiger partial charge in [0, 0.05) is 18.5 Å². The van der Waals surface area contributed by atoms with Gasteiger partial charge in [-0.1, -0.05) is 28.9 Å². The van der Waals surface area contributed by atoms with Gasteiger partial charge >= 0.3 is 0 Å². The zero-order chi connectivity index (χ0) is 13.6. The molecule has 3 amide bonds. The summed E-state index contributed by atoms with van der Waals surface area (Å²) in [5.74, 6) is -1.49. The second kappa shape index (κ2) is 4.50. The molecule has 6 heteroatoms. The number of nitrogens with one attached hydrogen (secondary N) is 1. The molecule has 0 aromatic carbocycles. The first kappa shape index (κ1) is 13.3. The van der Waals surface area contributed by atoms with Crippen LogP contribution < -0.4 is 5.32 Å². The van der Waals surface area contributed by atoms with Gasteiger partial charge in [-0.25, -0.2) is 0 Å². The third-order valence-electron chi connectivity index (χ3n) is 3.62. The highest BCUT2D eigenvalue weighted by Gasteiger charge is 2.54. The van der Waals surface area contributed by atoms with Crippen LogP contribution in [0, 0.1) is 17.8 Å². The number of allylic oxidation sites excluding steroid dienone is 1. The topological polar surface area (TPSA) is 66.5 Å². The number of hydrogen-bond acceptors (Lipinski definition) is 3. The Morgan fingerprint density at radius 3 is 2.44 bits per heavy atom. The summed E-state index contributed by atoms with van der Waals surface area (Å²) in [6, 6.07) is -0.440. The van der Waals surface area contributed by atoms with Gasteiger partial charge in [-0.2, -0.15) is 0 Å². The Balaban J connectivity index is 2.42. The van der Waals surface area contributed by atoms with Crippen molar-refractivity contribution in [3.63, 3.8) is 0 Å². The number of nitrogens with zero attached hydrogens (tertiary/aromatic N) is 1. The maximum absolute atomic E-state index is 12.1. The molecule has 18 heavy (non-hydrogen) atoms. The van der Waals surface area contributed by atoms with Gasteiger partial charge in [0.25, 0.3) is 0 Å². The zero-order valence-corrected chi connectivity index (χ0v) is 12.0. The molecule has 0 spiro atoms. The Labute approximate surface area is 114 Å². The molecule has 4 atom stereocenters. The maximum Gasteiger partial charge on any atom is 0.235 e. The van der Waals surface area contributed by atoms with Gasteiger partial charge in [0.1, 0.15) is 0 Å². The van der Waals surface area contributed by atoms with Crippen molar-refractivity contribution in [2.75, 3.05) is 7.05 Å². The first-order valence-corrected chi connectivity index (χ1v) is 6.59. The lowest BCUT2D eigenvalue weighted by atomic mass is 9.75. The minimum Gasteiger partial charge on any atom is -0.348 e. The van der Waals surface area contributed by atoms with E-state index in [1.807, 2.05) is 13.0 Å². The van der Waals surface area contributed by atoms with Crippen LogP contribution >= 0.6 is 15.9 Å². The van der Waals surface area contributed by atoms with Crippen molar-refractivity contribution in [3.05, 3.63) is 10.6 Å². The summed E-state index contributed by atoms with van der Waals surface area (Å²) in [5.41, 5.74) is 0. The molecule has 5 nitrogen and oxygen atoms in total. The molecular formula is C12H15BrN2O3. The van der Waals surface area contributed by atoms with Gasteiger partial charge in [-0.15, -0.1) is 0 Å². The number of hydrogen-bond donors (Lipinski definition) is 1. The van der Waals surface area contributed by atoms with Crippen molar-refractivity contribution in [2.24, 2.45) is 17.8 Å². The molecule has 1 fully saturated rings. The van der Waals surface area contributed by atoms with Crippen LogP contribution in [0.1, 0.15) is 13.8 Å². The first-order valence-electron chi connectivity index (χ1n) is 5.80. The van der Waals surface area contributed by atoms with Crippen LogP contribution in [0.25, 0.3) is 0 Å². The van der Waals surface area contributed by atoms with E-state index in [1.54, 1.807) is 0 Å². The van der Waals surface area contributed by atoms with Gasteiger partial charge in [0.15, 0.2) is 0 Å². The molecule has 0 unspecified atom stereocenters. The number of rotatable bonds is 1. The van der Waals surface area contributed by atoms with E-state index in [2.05, 4.69) is 21.2 Å². The van der Waals surface area contributed by atoms with Crippen LogP contribution in [-0.4, -0.2) is 35.7 Å².